The third-order valence-corrected chi connectivity index (χ3v) is 3.17. The van der Waals surface area contributed by atoms with Crippen LogP contribution in [0.1, 0.15) is 30.9 Å². The van der Waals surface area contributed by atoms with E-state index in [9.17, 15) is 0 Å². The Balaban J connectivity index is 2.53. The SMILES string of the molecule is CCCCN(C)C(=NC)NCc1cccc(COC)c1. The van der Waals surface area contributed by atoms with Crippen LogP contribution in [0.2, 0.25) is 0 Å². The number of unbranched alkanes of at least 4 members (excludes halogenated alkanes) is 1. The first-order chi connectivity index (χ1) is 9.71. The molecule has 0 aromatic heterocycles. The largest absolute Gasteiger partial charge is 0.380 e. The normalized spacial score (nSPS) is 11.5. The highest BCUT2D eigenvalue weighted by molar-refractivity contribution is 5.79. The molecule has 4 heteroatoms. The zero-order valence-electron chi connectivity index (χ0n) is 13.1. The topological polar surface area (TPSA) is 36.9 Å². The second kappa shape index (κ2) is 9.37. The second-order valence-corrected chi connectivity index (χ2v) is 4.93. The Morgan fingerprint density at radius 3 is 2.75 bits per heavy atom. The highest BCUT2D eigenvalue weighted by Gasteiger charge is 2.05. The third kappa shape index (κ3) is 5.61. The Kier molecular flexibility index (Phi) is 7.73. The van der Waals surface area contributed by atoms with Gasteiger partial charge in [-0.15, -0.1) is 0 Å². The maximum atomic E-state index is 5.16. The monoisotopic (exact) mass is 277 g/mol. The molecule has 0 fully saturated rings. The minimum Gasteiger partial charge on any atom is -0.380 e. The highest BCUT2D eigenvalue weighted by atomic mass is 16.5. The molecule has 1 aromatic rings. The fraction of sp³-hybridized carbons (Fsp3) is 0.562. The van der Waals surface area contributed by atoms with Crippen molar-refractivity contribution in [3.63, 3.8) is 0 Å². The van der Waals surface area contributed by atoms with Crippen LogP contribution in [0.25, 0.3) is 0 Å². The van der Waals surface area contributed by atoms with Crippen LogP contribution in [0, 0.1) is 0 Å². The molecule has 0 saturated carbocycles. The summed E-state index contributed by atoms with van der Waals surface area (Å²) < 4.78 is 5.16. The molecule has 112 valence electrons. The molecule has 0 saturated heterocycles. The van der Waals surface area contributed by atoms with Crippen LogP contribution in [0.5, 0.6) is 0 Å². The van der Waals surface area contributed by atoms with Crippen molar-refractivity contribution in [3.8, 4) is 0 Å². The van der Waals surface area contributed by atoms with Gasteiger partial charge in [-0.25, -0.2) is 0 Å². The van der Waals surface area contributed by atoms with Gasteiger partial charge in [0.1, 0.15) is 0 Å². The number of hydrogen-bond donors (Lipinski definition) is 1. The van der Waals surface area contributed by atoms with E-state index in [0.717, 1.165) is 19.0 Å². The van der Waals surface area contributed by atoms with Crippen LogP contribution in [0.4, 0.5) is 0 Å². The number of methoxy groups -OCH3 is 1. The Labute approximate surface area is 122 Å². The van der Waals surface area contributed by atoms with Crippen LogP contribution < -0.4 is 5.32 Å². The van der Waals surface area contributed by atoms with Crippen molar-refractivity contribution in [2.75, 3.05) is 27.7 Å². The maximum Gasteiger partial charge on any atom is 0.193 e. The molecular weight excluding hydrogens is 250 g/mol. The van der Waals surface area contributed by atoms with Crippen LogP contribution in [0.3, 0.4) is 0 Å². The number of benzene rings is 1. The van der Waals surface area contributed by atoms with Gasteiger partial charge in [-0.05, 0) is 17.5 Å². The molecule has 20 heavy (non-hydrogen) atoms. The summed E-state index contributed by atoms with van der Waals surface area (Å²) >= 11 is 0. The first-order valence-corrected chi connectivity index (χ1v) is 7.19. The van der Waals surface area contributed by atoms with Crippen molar-refractivity contribution in [2.24, 2.45) is 4.99 Å². The fourth-order valence-electron chi connectivity index (χ4n) is 2.06. The fourth-order valence-corrected chi connectivity index (χ4v) is 2.06. The van der Waals surface area contributed by atoms with Gasteiger partial charge in [-0.3, -0.25) is 4.99 Å². The quantitative estimate of drug-likeness (QED) is 0.615. The lowest BCUT2D eigenvalue weighted by atomic mass is 10.1. The number of guanidine groups is 1. The summed E-state index contributed by atoms with van der Waals surface area (Å²) in [4.78, 5) is 6.49. The standard InChI is InChI=1S/C16H27N3O/c1-5-6-10-19(3)16(17-2)18-12-14-8-7-9-15(11-14)13-20-4/h7-9,11H,5-6,10,12-13H2,1-4H3,(H,17,18). The maximum absolute atomic E-state index is 5.16. The molecule has 0 aliphatic heterocycles. The molecule has 4 nitrogen and oxygen atoms in total. The van der Waals surface area contributed by atoms with Gasteiger partial charge in [-0.1, -0.05) is 37.6 Å². The molecule has 1 aromatic carbocycles. The Hall–Kier alpha value is -1.55. The second-order valence-electron chi connectivity index (χ2n) is 4.93. The van der Waals surface area contributed by atoms with E-state index < -0.39 is 0 Å². The smallest absolute Gasteiger partial charge is 0.193 e. The van der Waals surface area contributed by atoms with Gasteiger partial charge >= 0.3 is 0 Å². The number of nitrogens with zero attached hydrogens (tertiary/aromatic N) is 2. The lowest BCUT2D eigenvalue weighted by molar-refractivity contribution is 0.185. The summed E-state index contributed by atoms with van der Waals surface area (Å²) in [5, 5.41) is 3.40. The van der Waals surface area contributed by atoms with Gasteiger partial charge in [0.05, 0.1) is 6.61 Å². The van der Waals surface area contributed by atoms with Gasteiger partial charge in [0, 0.05) is 34.3 Å². The summed E-state index contributed by atoms with van der Waals surface area (Å²) in [5.41, 5.74) is 2.44. The van der Waals surface area contributed by atoms with E-state index in [4.69, 9.17) is 4.74 Å². The molecule has 0 amide bonds. The first kappa shape index (κ1) is 16.5. The molecule has 1 rings (SSSR count). The lowest BCUT2D eigenvalue weighted by Crippen LogP contribution is -2.38. The van der Waals surface area contributed by atoms with E-state index in [1.807, 2.05) is 7.05 Å². The van der Waals surface area contributed by atoms with Crippen molar-refractivity contribution in [1.82, 2.24) is 10.2 Å². The van der Waals surface area contributed by atoms with Crippen LogP contribution >= 0.6 is 0 Å². The summed E-state index contributed by atoms with van der Waals surface area (Å²) in [6, 6.07) is 8.42. The molecule has 0 aliphatic carbocycles. The molecule has 0 heterocycles. The van der Waals surface area contributed by atoms with E-state index in [1.165, 1.54) is 24.0 Å². The van der Waals surface area contributed by atoms with Crippen LogP contribution in [-0.2, 0) is 17.9 Å². The summed E-state index contributed by atoms with van der Waals surface area (Å²) in [7, 11) is 5.62. The van der Waals surface area contributed by atoms with Gasteiger partial charge in [-0.2, -0.15) is 0 Å². The van der Waals surface area contributed by atoms with Crippen molar-refractivity contribution in [3.05, 3.63) is 35.4 Å². The van der Waals surface area contributed by atoms with Crippen molar-refractivity contribution in [1.29, 1.82) is 0 Å². The van der Waals surface area contributed by atoms with E-state index in [-0.39, 0.29) is 0 Å². The number of hydrogen-bond acceptors (Lipinski definition) is 2. The van der Waals surface area contributed by atoms with E-state index >= 15 is 0 Å². The molecule has 0 atom stereocenters. The molecule has 1 N–H and O–H groups in total. The summed E-state index contributed by atoms with van der Waals surface area (Å²) in [6.07, 6.45) is 2.38. The average molecular weight is 277 g/mol. The van der Waals surface area contributed by atoms with Gasteiger partial charge < -0.3 is 15.0 Å². The van der Waals surface area contributed by atoms with E-state index in [1.54, 1.807) is 7.11 Å². The van der Waals surface area contributed by atoms with E-state index in [0.29, 0.717) is 6.61 Å². The molecular formula is C16H27N3O. The third-order valence-electron chi connectivity index (χ3n) is 3.17. The molecule has 0 spiro atoms. The van der Waals surface area contributed by atoms with Gasteiger partial charge in [0.15, 0.2) is 5.96 Å². The first-order valence-electron chi connectivity index (χ1n) is 7.19. The van der Waals surface area contributed by atoms with Crippen molar-refractivity contribution >= 4 is 5.96 Å². The van der Waals surface area contributed by atoms with Crippen molar-refractivity contribution in [2.45, 2.75) is 32.9 Å². The summed E-state index contributed by atoms with van der Waals surface area (Å²) in [5.74, 6) is 0.940. The Morgan fingerprint density at radius 2 is 2.10 bits per heavy atom. The van der Waals surface area contributed by atoms with Crippen LogP contribution in [0.15, 0.2) is 29.3 Å². The number of aliphatic imine (C=N–C) groups is 1. The highest BCUT2D eigenvalue weighted by Crippen LogP contribution is 2.06. The molecule has 0 unspecified atom stereocenters. The molecule has 0 bridgehead atoms. The number of rotatable bonds is 7. The minimum absolute atomic E-state index is 0.652. The Morgan fingerprint density at radius 1 is 1.35 bits per heavy atom. The van der Waals surface area contributed by atoms with Gasteiger partial charge in [0.2, 0.25) is 0 Å². The minimum atomic E-state index is 0.652. The number of ether oxygens (including phenoxy) is 1. The molecule has 0 aliphatic rings. The zero-order chi connectivity index (χ0) is 14.8. The molecule has 0 radical (unpaired) electrons. The van der Waals surface area contributed by atoms with E-state index in [2.05, 4.69) is 53.4 Å². The van der Waals surface area contributed by atoms with Gasteiger partial charge in [0.25, 0.3) is 0 Å². The van der Waals surface area contributed by atoms with Crippen LogP contribution in [-0.4, -0.2) is 38.6 Å². The predicted octanol–water partition coefficient (Wildman–Crippen LogP) is 2.64. The summed E-state index contributed by atoms with van der Waals surface area (Å²) in [6.45, 7) is 4.66. The lowest BCUT2D eigenvalue weighted by Gasteiger charge is -2.22. The number of nitrogens with one attached hydrogen (secondary N) is 1. The average Bonchev–Trinajstić information content (AvgIpc) is 2.46. The van der Waals surface area contributed by atoms with Crippen molar-refractivity contribution < 1.29 is 4.74 Å². The Bertz CT molecular complexity index is 418. The predicted molar refractivity (Wildman–Crippen MR) is 84.9 cm³/mol. The zero-order valence-corrected chi connectivity index (χ0v) is 13.1.